The van der Waals surface area contributed by atoms with Gasteiger partial charge in [0.2, 0.25) is 5.89 Å². The van der Waals surface area contributed by atoms with Crippen LogP contribution in [0.1, 0.15) is 45.3 Å². The lowest BCUT2D eigenvalue weighted by Crippen LogP contribution is -2.39. The van der Waals surface area contributed by atoms with Crippen molar-refractivity contribution >= 4 is 45.9 Å². The third kappa shape index (κ3) is 8.34. The number of guanidine groups is 1. The first-order valence-electron chi connectivity index (χ1n) is 9.25. The summed E-state index contributed by atoms with van der Waals surface area (Å²) in [4.78, 5) is 8.97. The lowest BCUT2D eigenvalue weighted by molar-refractivity contribution is 0.228. The van der Waals surface area contributed by atoms with E-state index < -0.39 is 0 Å². The van der Waals surface area contributed by atoms with Gasteiger partial charge in [-0.05, 0) is 41.9 Å². The molecule has 28 heavy (non-hydrogen) atoms. The van der Waals surface area contributed by atoms with Gasteiger partial charge in [-0.3, -0.25) is 0 Å². The van der Waals surface area contributed by atoms with E-state index in [4.69, 9.17) is 9.26 Å². The average Bonchev–Trinajstić information content (AvgIpc) is 3.11. The summed E-state index contributed by atoms with van der Waals surface area (Å²) < 4.78 is 12.1. The topological polar surface area (TPSA) is 84.6 Å². The molecule has 9 heteroatoms. The second-order valence-electron chi connectivity index (χ2n) is 6.46. The van der Waals surface area contributed by atoms with Gasteiger partial charge in [0.1, 0.15) is 11.9 Å². The van der Waals surface area contributed by atoms with Gasteiger partial charge in [0.05, 0.1) is 11.0 Å². The molecular weight excluding hydrogens is 537 g/mol. The molecular formula is C19H29BrIN5O2. The van der Waals surface area contributed by atoms with Gasteiger partial charge in [-0.1, -0.05) is 31.1 Å². The van der Waals surface area contributed by atoms with E-state index in [1.165, 1.54) is 0 Å². The summed E-state index contributed by atoms with van der Waals surface area (Å²) in [6.07, 6.45) is 0.594. The number of benzene rings is 1. The molecule has 0 bridgehead atoms. The summed E-state index contributed by atoms with van der Waals surface area (Å²) in [5.74, 6) is 3.19. The minimum absolute atomic E-state index is 0. The highest BCUT2D eigenvalue weighted by atomic mass is 127. The van der Waals surface area contributed by atoms with Gasteiger partial charge in [-0.2, -0.15) is 4.98 Å². The quantitative estimate of drug-likeness (QED) is 0.270. The zero-order chi connectivity index (χ0) is 19.6. The molecule has 1 unspecified atom stereocenters. The molecule has 0 saturated heterocycles. The van der Waals surface area contributed by atoms with Crippen molar-refractivity contribution in [1.29, 1.82) is 0 Å². The zero-order valence-corrected chi connectivity index (χ0v) is 20.7. The van der Waals surface area contributed by atoms with Crippen molar-refractivity contribution in [3.05, 3.63) is 40.5 Å². The summed E-state index contributed by atoms with van der Waals surface area (Å²) in [5, 5.41) is 10.5. The number of hydrogen-bond donors (Lipinski definition) is 2. The minimum atomic E-state index is -0.0521. The van der Waals surface area contributed by atoms with Crippen LogP contribution in [0.4, 0.5) is 0 Å². The Bertz CT molecular complexity index is 739. The van der Waals surface area contributed by atoms with Gasteiger partial charge in [-0.15, -0.1) is 24.0 Å². The summed E-state index contributed by atoms with van der Waals surface area (Å²) in [6.45, 7) is 10.1. The molecule has 0 spiro atoms. The number of nitrogens with one attached hydrogen (secondary N) is 2. The Kier molecular flexibility index (Phi) is 11.4. The van der Waals surface area contributed by atoms with Gasteiger partial charge in [0, 0.05) is 25.4 Å². The summed E-state index contributed by atoms with van der Waals surface area (Å²) in [5.41, 5.74) is 0. The van der Waals surface area contributed by atoms with Crippen molar-refractivity contribution < 1.29 is 9.26 Å². The molecule has 0 fully saturated rings. The maximum absolute atomic E-state index is 5.93. The molecule has 0 radical (unpaired) electrons. The number of halogens is 2. The third-order valence-electron chi connectivity index (χ3n) is 3.65. The van der Waals surface area contributed by atoms with Crippen molar-refractivity contribution in [3.8, 4) is 5.75 Å². The van der Waals surface area contributed by atoms with E-state index in [1.54, 1.807) is 0 Å². The second kappa shape index (κ2) is 13.0. The molecule has 1 heterocycles. The summed E-state index contributed by atoms with van der Waals surface area (Å²) >= 11 is 3.49. The predicted octanol–water partition coefficient (Wildman–Crippen LogP) is 4.14. The SMILES string of the molecule is CCNC(=NCC(C)Oc1ccccc1Br)NCCc1nc(C(C)C)no1.I. The van der Waals surface area contributed by atoms with E-state index in [1.807, 2.05) is 52.0 Å². The van der Waals surface area contributed by atoms with E-state index in [9.17, 15) is 0 Å². The maximum atomic E-state index is 5.93. The molecule has 1 aromatic carbocycles. The van der Waals surface area contributed by atoms with Crippen LogP contribution in [0.25, 0.3) is 0 Å². The molecule has 0 aliphatic carbocycles. The summed E-state index contributed by atoms with van der Waals surface area (Å²) in [7, 11) is 0. The minimum Gasteiger partial charge on any atom is -0.488 e. The van der Waals surface area contributed by atoms with Crippen LogP contribution < -0.4 is 15.4 Å². The van der Waals surface area contributed by atoms with E-state index >= 15 is 0 Å². The van der Waals surface area contributed by atoms with Crippen LogP contribution in [0.3, 0.4) is 0 Å². The van der Waals surface area contributed by atoms with Gasteiger partial charge < -0.3 is 19.9 Å². The monoisotopic (exact) mass is 565 g/mol. The molecule has 0 aliphatic rings. The molecule has 2 aromatic rings. The highest BCUT2D eigenvalue weighted by Crippen LogP contribution is 2.24. The van der Waals surface area contributed by atoms with Crippen LogP contribution >= 0.6 is 39.9 Å². The van der Waals surface area contributed by atoms with Gasteiger partial charge in [0.25, 0.3) is 0 Å². The van der Waals surface area contributed by atoms with Crippen molar-refractivity contribution in [2.75, 3.05) is 19.6 Å². The van der Waals surface area contributed by atoms with E-state index in [2.05, 4.69) is 41.7 Å². The molecule has 2 rings (SSSR count). The Morgan fingerprint density at radius 2 is 2.00 bits per heavy atom. The van der Waals surface area contributed by atoms with E-state index in [0.717, 1.165) is 28.6 Å². The number of ether oxygens (including phenoxy) is 1. The Labute approximate surface area is 192 Å². The highest BCUT2D eigenvalue weighted by molar-refractivity contribution is 14.0. The molecule has 0 amide bonds. The Morgan fingerprint density at radius 3 is 2.64 bits per heavy atom. The number of para-hydroxylation sites is 1. The molecule has 1 aromatic heterocycles. The van der Waals surface area contributed by atoms with Crippen molar-refractivity contribution in [1.82, 2.24) is 20.8 Å². The number of rotatable bonds is 9. The Hall–Kier alpha value is -1.36. The maximum Gasteiger partial charge on any atom is 0.228 e. The smallest absolute Gasteiger partial charge is 0.228 e. The normalized spacial score (nSPS) is 12.4. The fourth-order valence-electron chi connectivity index (χ4n) is 2.25. The first-order valence-corrected chi connectivity index (χ1v) is 10.0. The molecule has 2 N–H and O–H groups in total. The van der Waals surface area contributed by atoms with Gasteiger partial charge in [0.15, 0.2) is 11.8 Å². The lowest BCUT2D eigenvalue weighted by Gasteiger charge is -2.15. The number of nitrogens with zero attached hydrogens (tertiary/aromatic N) is 3. The van der Waals surface area contributed by atoms with Crippen LogP contribution in [0.15, 0.2) is 38.3 Å². The molecule has 156 valence electrons. The van der Waals surface area contributed by atoms with Crippen molar-refractivity contribution in [2.45, 2.75) is 46.1 Å². The number of aromatic nitrogens is 2. The van der Waals surface area contributed by atoms with Gasteiger partial charge in [-0.25, -0.2) is 4.99 Å². The van der Waals surface area contributed by atoms with Crippen molar-refractivity contribution in [3.63, 3.8) is 0 Å². The van der Waals surface area contributed by atoms with Crippen LogP contribution in [0.2, 0.25) is 0 Å². The zero-order valence-electron chi connectivity index (χ0n) is 16.7. The average molecular weight is 566 g/mol. The lowest BCUT2D eigenvalue weighted by atomic mass is 10.2. The first-order chi connectivity index (χ1) is 13.0. The van der Waals surface area contributed by atoms with Crippen LogP contribution in [-0.2, 0) is 6.42 Å². The molecule has 0 saturated carbocycles. The van der Waals surface area contributed by atoms with Crippen LogP contribution in [-0.4, -0.2) is 41.8 Å². The molecule has 7 nitrogen and oxygen atoms in total. The predicted molar refractivity (Wildman–Crippen MR) is 126 cm³/mol. The fraction of sp³-hybridized carbons (Fsp3) is 0.526. The number of hydrogen-bond acceptors (Lipinski definition) is 5. The van der Waals surface area contributed by atoms with Crippen molar-refractivity contribution in [2.24, 2.45) is 4.99 Å². The molecule has 0 aliphatic heterocycles. The first kappa shape index (κ1) is 24.7. The van der Waals surface area contributed by atoms with E-state index in [0.29, 0.717) is 25.4 Å². The van der Waals surface area contributed by atoms with Gasteiger partial charge >= 0.3 is 0 Å². The third-order valence-corrected chi connectivity index (χ3v) is 4.30. The molecule has 1 atom stereocenters. The Balaban J connectivity index is 0.00000392. The number of aliphatic imine (C=N–C) groups is 1. The fourth-order valence-corrected chi connectivity index (χ4v) is 2.63. The summed E-state index contributed by atoms with van der Waals surface area (Å²) in [6, 6.07) is 7.80. The highest BCUT2D eigenvalue weighted by Gasteiger charge is 2.10. The van der Waals surface area contributed by atoms with E-state index in [-0.39, 0.29) is 36.0 Å². The largest absolute Gasteiger partial charge is 0.488 e. The van der Waals surface area contributed by atoms with Crippen LogP contribution in [0, 0.1) is 0 Å². The Morgan fingerprint density at radius 1 is 1.25 bits per heavy atom. The standard InChI is InChI=1S/C19H28BrN5O2.HI/c1-5-21-19(22-11-10-17-24-18(13(2)3)25-27-17)23-12-14(4)26-16-9-7-6-8-15(16)20;/h6-9,13-14H,5,10-12H2,1-4H3,(H2,21,22,23);1H. The second-order valence-corrected chi connectivity index (χ2v) is 7.31. The van der Waals surface area contributed by atoms with Crippen LogP contribution in [0.5, 0.6) is 5.75 Å².